The van der Waals surface area contributed by atoms with E-state index in [1.807, 2.05) is 12.1 Å². The Morgan fingerprint density at radius 3 is 1.10 bits per heavy atom. The quantitative estimate of drug-likeness (QED) is 0.0668. The van der Waals surface area contributed by atoms with E-state index in [0.717, 1.165) is 46.2 Å². The van der Waals surface area contributed by atoms with Gasteiger partial charge >= 0.3 is 48.4 Å². The van der Waals surface area contributed by atoms with Crippen LogP contribution in [0.2, 0.25) is 0 Å². The smallest absolute Gasteiger partial charge is 0.381 e. The maximum atomic E-state index is 13.6. The highest BCUT2D eigenvalue weighted by molar-refractivity contribution is 5.86. The lowest BCUT2D eigenvalue weighted by molar-refractivity contribution is -0.342. The van der Waals surface area contributed by atoms with Crippen molar-refractivity contribution in [3.8, 4) is 34.8 Å². The maximum Gasteiger partial charge on any atom is 0.381 e. The number of hydrogen-bond donors (Lipinski definition) is 0. The fourth-order valence-electron chi connectivity index (χ4n) is 5.56. The molecule has 0 aliphatic heterocycles. The molecule has 0 aromatic heterocycles. The Labute approximate surface area is 384 Å². The van der Waals surface area contributed by atoms with Crippen LogP contribution in [0.3, 0.4) is 0 Å². The summed E-state index contributed by atoms with van der Waals surface area (Å²) in [4.78, 5) is 0. The zero-order chi connectivity index (χ0) is 51.7. The molecule has 6 rings (SSSR count). The lowest BCUT2D eigenvalue weighted by atomic mass is 10.0. The third-order valence-electron chi connectivity index (χ3n) is 9.55. The minimum absolute atomic E-state index is 0.216. The fourth-order valence-corrected chi connectivity index (χ4v) is 5.56. The van der Waals surface area contributed by atoms with Crippen LogP contribution in [0.15, 0.2) is 154 Å². The molecule has 8 nitrogen and oxygen atoms in total. The number of benzene rings is 6. The summed E-state index contributed by atoms with van der Waals surface area (Å²) in [6.45, 7) is -4.51. The molecule has 0 saturated heterocycles. The third kappa shape index (κ3) is 12.1. The van der Waals surface area contributed by atoms with Crippen molar-refractivity contribution in [3.63, 3.8) is 0 Å². The van der Waals surface area contributed by atoms with Crippen molar-refractivity contribution in [3.05, 3.63) is 145 Å². The summed E-state index contributed by atoms with van der Waals surface area (Å²) in [7, 11) is 0. The van der Waals surface area contributed by atoms with Crippen LogP contribution in [0.4, 0.5) is 93.0 Å². The number of alkyl halides is 16. The Morgan fingerprint density at radius 1 is 0.400 bits per heavy atom. The first kappa shape index (κ1) is 53.2. The zero-order valence-electron chi connectivity index (χ0n) is 34.8. The molecule has 0 fully saturated rings. The van der Waals surface area contributed by atoms with Crippen LogP contribution < -0.4 is 9.47 Å². The second kappa shape index (κ2) is 21.3. The molecule has 0 aliphatic carbocycles. The zero-order valence-corrected chi connectivity index (χ0v) is 34.8. The van der Waals surface area contributed by atoms with Gasteiger partial charge in [-0.3, -0.25) is 0 Å². The van der Waals surface area contributed by atoms with Gasteiger partial charge in [0.1, 0.15) is 11.5 Å². The third-order valence-corrected chi connectivity index (χ3v) is 9.55. The van der Waals surface area contributed by atoms with Crippen molar-refractivity contribution in [1.82, 2.24) is 0 Å². The van der Waals surface area contributed by atoms with E-state index >= 15 is 0 Å². The molecule has 366 valence electrons. The van der Waals surface area contributed by atoms with Gasteiger partial charge in [-0.2, -0.15) is 83.7 Å². The molecule has 6 aromatic rings. The molecule has 0 bridgehead atoms. The van der Waals surface area contributed by atoms with E-state index < -0.39 is 73.1 Å². The SMILES string of the molecule is N#Cc1ccc(-c2ccc(N=Nc3ccc(OCC(F)(F)C(F)(F)C(F)(F)C(F)F)cc3)cc2)cc1.N#Cc1ccc2cc(N=Nc3ccc(OCC(F)(F)C(F)(F)C(F)(F)C(F)F)cc3)ccc2c1. The number of halogens is 16. The van der Waals surface area contributed by atoms with Crippen molar-refractivity contribution in [2.75, 3.05) is 13.2 Å². The standard InChI is InChI=1S/C24H15F8N3O.C22H13F8N3O/c25-21(26)23(29,30)24(31,32)22(27,28)14-36-20-11-9-19(10-12-20)35-34-18-7-5-17(6-8-18)16-3-1-15(13-33)2-4-16;23-19(24)21(27,28)22(29,30)20(25,26)12-34-18-7-5-16(6-8-18)32-33-17-4-3-14-9-13(11-31)1-2-15(14)10-17/h1-12,21H,14H2;1-10,19H,12H2. The van der Waals surface area contributed by atoms with Crippen molar-refractivity contribution in [2.45, 2.75) is 48.4 Å². The maximum absolute atomic E-state index is 13.6. The number of azo groups is 2. The van der Waals surface area contributed by atoms with Crippen LogP contribution in [0, 0.1) is 22.7 Å². The van der Waals surface area contributed by atoms with Gasteiger partial charge in [0.15, 0.2) is 13.2 Å². The second-order valence-corrected chi connectivity index (χ2v) is 14.5. The Morgan fingerprint density at radius 2 is 0.714 bits per heavy atom. The predicted octanol–water partition coefficient (Wildman–Crippen LogP) is 15.9. The molecule has 6 aromatic carbocycles. The van der Waals surface area contributed by atoms with Gasteiger partial charge in [0.05, 0.1) is 46.0 Å². The number of nitriles is 2. The summed E-state index contributed by atoms with van der Waals surface area (Å²) in [5.74, 6) is -37.1. The highest BCUT2D eigenvalue weighted by atomic mass is 19.4. The molecule has 0 atom stereocenters. The first-order chi connectivity index (χ1) is 32.7. The topological polar surface area (TPSA) is 115 Å². The monoisotopic (exact) mass is 1000 g/mol. The molecule has 70 heavy (non-hydrogen) atoms. The van der Waals surface area contributed by atoms with Gasteiger partial charge in [-0.25, -0.2) is 17.6 Å². The molecule has 0 aliphatic rings. The summed E-state index contributed by atoms with van der Waals surface area (Å²) in [5, 5.41) is 35.2. The van der Waals surface area contributed by atoms with Gasteiger partial charge in [-0.05, 0) is 119 Å². The highest BCUT2D eigenvalue weighted by Crippen LogP contribution is 2.50. The van der Waals surface area contributed by atoms with Crippen LogP contribution in [0.5, 0.6) is 11.5 Å². The van der Waals surface area contributed by atoms with E-state index in [0.29, 0.717) is 22.5 Å². The summed E-state index contributed by atoms with van der Waals surface area (Å²) in [6, 6.07) is 37.1. The Balaban J connectivity index is 0.000000261. The lowest BCUT2D eigenvalue weighted by Crippen LogP contribution is -2.59. The van der Waals surface area contributed by atoms with Gasteiger partial charge in [-0.1, -0.05) is 36.4 Å². The van der Waals surface area contributed by atoms with Gasteiger partial charge in [0.2, 0.25) is 0 Å². The number of ether oxygens (including phenoxy) is 2. The van der Waals surface area contributed by atoms with Crippen LogP contribution in [0.25, 0.3) is 21.9 Å². The van der Waals surface area contributed by atoms with Crippen LogP contribution >= 0.6 is 0 Å². The molecule has 0 unspecified atom stereocenters. The molecule has 0 saturated carbocycles. The predicted molar refractivity (Wildman–Crippen MR) is 219 cm³/mol. The summed E-state index contributed by atoms with van der Waals surface area (Å²) >= 11 is 0. The van der Waals surface area contributed by atoms with E-state index in [2.05, 4.69) is 29.9 Å². The molecular formula is C46H28F16N6O2. The number of rotatable bonds is 17. The van der Waals surface area contributed by atoms with Crippen molar-refractivity contribution in [1.29, 1.82) is 10.5 Å². The summed E-state index contributed by atoms with van der Waals surface area (Å²) < 4.78 is 216. The molecule has 0 spiro atoms. The first-order valence-corrected chi connectivity index (χ1v) is 19.4. The average Bonchev–Trinajstić information content (AvgIpc) is 3.34. The number of fused-ring (bicyclic) bond motifs is 1. The number of nitrogens with zero attached hydrogens (tertiary/aromatic N) is 6. The van der Waals surface area contributed by atoms with Gasteiger partial charge in [0.25, 0.3) is 0 Å². The van der Waals surface area contributed by atoms with Crippen molar-refractivity contribution >= 4 is 33.5 Å². The van der Waals surface area contributed by atoms with Crippen LogP contribution in [-0.2, 0) is 0 Å². The lowest BCUT2D eigenvalue weighted by Gasteiger charge is -2.31. The molecule has 0 N–H and O–H groups in total. The second-order valence-electron chi connectivity index (χ2n) is 14.5. The Kier molecular flexibility index (Phi) is 16.2. The van der Waals surface area contributed by atoms with E-state index in [-0.39, 0.29) is 11.4 Å². The van der Waals surface area contributed by atoms with E-state index in [4.69, 9.17) is 10.5 Å². The number of hydrogen-bond acceptors (Lipinski definition) is 8. The van der Waals surface area contributed by atoms with Crippen LogP contribution in [0.1, 0.15) is 11.1 Å². The molecular weight excluding hydrogens is 973 g/mol. The largest absolute Gasteiger partial charge is 0.487 e. The van der Waals surface area contributed by atoms with Gasteiger partial charge < -0.3 is 9.47 Å². The highest BCUT2D eigenvalue weighted by Gasteiger charge is 2.76. The van der Waals surface area contributed by atoms with Gasteiger partial charge in [-0.15, -0.1) is 0 Å². The van der Waals surface area contributed by atoms with Gasteiger partial charge in [0, 0.05) is 0 Å². The van der Waals surface area contributed by atoms with E-state index in [1.165, 1.54) is 24.3 Å². The summed E-state index contributed by atoms with van der Waals surface area (Å²) in [5.41, 5.74) is 4.14. The first-order valence-electron chi connectivity index (χ1n) is 19.4. The average molecular weight is 1000 g/mol. The minimum atomic E-state index is -6.34. The molecule has 24 heteroatoms. The Hall–Kier alpha value is -7.76. The van der Waals surface area contributed by atoms with Crippen LogP contribution in [-0.4, -0.2) is 61.6 Å². The molecule has 0 radical (unpaired) electrons. The minimum Gasteiger partial charge on any atom is -0.487 e. The Bertz CT molecular complexity index is 2870. The van der Waals surface area contributed by atoms with E-state index in [9.17, 15) is 70.2 Å². The molecule has 0 heterocycles. The van der Waals surface area contributed by atoms with Crippen molar-refractivity contribution in [2.24, 2.45) is 20.5 Å². The van der Waals surface area contributed by atoms with Crippen molar-refractivity contribution < 1.29 is 79.7 Å². The summed E-state index contributed by atoms with van der Waals surface area (Å²) in [6.07, 6.45) is -9.98. The normalized spacial score (nSPS) is 12.8. The molecule has 0 amide bonds. The van der Waals surface area contributed by atoms with E-state index in [1.54, 1.807) is 84.9 Å². The fraction of sp³-hybridized carbons (Fsp3) is 0.217.